The van der Waals surface area contributed by atoms with E-state index in [1.165, 1.54) is 27.6 Å². The minimum absolute atomic E-state index is 0.0759. The van der Waals surface area contributed by atoms with Gasteiger partial charge in [-0.25, -0.2) is 4.68 Å². The third-order valence-electron chi connectivity index (χ3n) is 4.75. The molecule has 0 aliphatic carbocycles. The molecule has 0 spiro atoms. The van der Waals surface area contributed by atoms with E-state index in [4.69, 9.17) is 10.6 Å². The van der Waals surface area contributed by atoms with Gasteiger partial charge in [-0.15, -0.1) is 10.2 Å². The molecule has 7 nitrogen and oxygen atoms in total. The van der Waals surface area contributed by atoms with Gasteiger partial charge in [0.15, 0.2) is 5.82 Å². The summed E-state index contributed by atoms with van der Waals surface area (Å²) in [6.07, 6.45) is 0. The van der Waals surface area contributed by atoms with Crippen LogP contribution < -0.4 is 15.9 Å². The molecule has 0 radical (unpaired) electrons. The average molecular weight is 412 g/mol. The third-order valence-corrected chi connectivity index (χ3v) is 5.70. The van der Waals surface area contributed by atoms with E-state index >= 15 is 0 Å². The van der Waals surface area contributed by atoms with Crippen molar-refractivity contribution in [1.29, 1.82) is 0 Å². The van der Waals surface area contributed by atoms with E-state index in [0.717, 1.165) is 16.9 Å². The lowest BCUT2D eigenvalue weighted by atomic mass is 10.0. The van der Waals surface area contributed by atoms with E-state index in [1.54, 1.807) is 7.11 Å². The minimum Gasteiger partial charge on any atom is -0.497 e. The number of hydrogen-bond donors (Lipinski definition) is 2. The van der Waals surface area contributed by atoms with Crippen LogP contribution in [0.25, 0.3) is 11.4 Å². The quantitative estimate of drug-likeness (QED) is 0.458. The predicted octanol–water partition coefficient (Wildman–Crippen LogP) is 3.25. The second-order valence-electron chi connectivity index (χ2n) is 6.83. The molecule has 29 heavy (non-hydrogen) atoms. The molecule has 2 aromatic carbocycles. The number of carbonyl (C=O) groups is 1. The van der Waals surface area contributed by atoms with Crippen LogP contribution in [0.2, 0.25) is 0 Å². The molecule has 1 unspecified atom stereocenters. The fourth-order valence-electron chi connectivity index (χ4n) is 2.84. The van der Waals surface area contributed by atoms with E-state index in [9.17, 15) is 4.79 Å². The molecule has 3 rings (SSSR count). The number of amides is 1. The Balaban J connectivity index is 1.60. The van der Waals surface area contributed by atoms with E-state index in [2.05, 4.69) is 41.5 Å². The normalized spacial score (nSPS) is 11.9. The fourth-order valence-corrected chi connectivity index (χ4v) is 3.51. The summed E-state index contributed by atoms with van der Waals surface area (Å²) >= 11 is 1.25. The predicted molar refractivity (Wildman–Crippen MR) is 115 cm³/mol. The molecule has 0 bridgehead atoms. The molecule has 3 aromatic rings. The van der Waals surface area contributed by atoms with Crippen molar-refractivity contribution in [2.24, 2.45) is 0 Å². The maximum atomic E-state index is 12.4. The fraction of sp³-hybridized carbons (Fsp3) is 0.286. The number of methoxy groups -OCH3 is 1. The maximum absolute atomic E-state index is 12.4. The standard InChI is InChI=1S/C21H25N5O2S/c1-13-5-6-17(11-14(13)2)15(3)23-19(27)12-29-21-25-24-20(26(21)22)16-7-9-18(28-4)10-8-16/h5-11,15H,12,22H2,1-4H3,(H,23,27). The highest BCUT2D eigenvalue weighted by Gasteiger charge is 2.15. The third kappa shape index (κ3) is 4.89. The number of benzene rings is 2. The Morgan fingerprint density at radius 2 is 1.90 bits per heavy atom. The number of nitrogens with two attached hydrogens (primary N) is 1. The first-order chi connectivity index (χ1) is 13.9. The van der Waals surface area contributed by atoms with Gasteiger partial charge in [0, 0.05) is 5.56 Å². The van der Waals surface area contributed by atoms with Crippen LogP contribution in [0.1, 0.15) is 29.7 Å². The van der Waals surface area contributed by atoms with Crippen LogP contribution in [0.3, 0.4) is 0 Å². The van der Waals surface area contributed by atoms with E-state index in [-0.39, 0.29) is 17.7 Å². The highest BCUT2D eigenvalue weighted by Crippen LogP contribution is 2.24. The van der Waals surface area contributed by atoms with Gasteiger partial charge in [-0.1, -0.05) is 30.0 Å². The van der Waals surface area contributed by atoms with Crippen LogP contribution in [0.4, 0.5) is 0 Å². The Kier molecular flexibility index (Phi) is 6.43. The monoisotopic (exact) mass is 411 g/mol. The van der Waals surface area contributed by atoms with Crippen LogP contribution in [0.15, 0.2) is 47.6 Å². The zero-order valence-corrected chi connectivity index (χ0v) is 17.8. The van der Waals surface area contributed by atoms with Gasteiger partial charge >= 0.3 is 0 Å². The number of carbonyl (C=O) groups excluding carboxylic acids is 1. The summed E-state index contributed by atoms with van der Waals surface area (Å²) in [7, 11) is 1.61. The van der Waals surface area contributed by atoms with Gasteiger partial charge in [-0.05, 0) is 61.7 Å². The smallest absolute Gasteiger partial charge is 0.230 e. The van der Waals surface area contributed by atoms with Crippen molar-refractivity contribution in [1.82, 2.24) is 20.2 Å². The van der Waals surface area contributed by atoms with Crippen LogP contribution in [0, 0.1) is 13.8 Å². The molecule has 0 fully saturated rings. The number of hydrogen-bond acceptors (Lipinski definition) is 6. The van der Waals surface area contributed by atoms with Gasteiger partial charge in [0.25, 0.3) is 0 Å². The second-order valence-corrected chi connectivity index (χ2v) is 7.77. The van der Waals surface area contributed by atoms with Crippen LogP contribution in [-0.2, 0) is 4.79 Å². The summed E-state index contributed by atoms with van der Waals surface area (Å²) in [5, 5.41) is 11.7. The highest BCUT2D eigenvalue weighted by molar-refractivity contribution is 7.99. The lowest BCUT2D eigenvalue weighted by molar-refractivity contribution is -0.119. The zero-order chi connectivity index (χ0) is 21.0. The SMILES string of the molecule is COc1ccc(-c2nnc(SCC(=O)NC(C)c3ccc(C)c(C)c3)n2N)cc1. The molecule has 0 saturated heterocycles. The first-order valence-corrected chi connectivity index (χ1v) is 10.2. The number of rotatable bonds is 7. The largest absolute Gasteiger partial charge is 0.497 e. The van der Waals surface area contributed by atoms with Crippen LogP contribution >= 0.6 is 11.8 Å². The summed E-state index contributed by atoms with van der Waals surface area (Å²) in [6, 6.07) is 13.5. The van der Waals surface area contributed by atoms with E-state index in [1.807, 2.05) is 37.3 Å². The van der Waals surface area contributed by atoms with E-state index in [0.29, 0.717) is 11.0 Å². The molecule has 8 heteroatoms. The van der Waals surface area contributed by atoms with Crippen molar-refractivity contribution in [3.63, 3.8) is 0 Å². The molecular formula is C21H25N5O2S. The van der Waals surface area contributed by atoms with Crippen molar-refractivity contribution >= 4 is 17.7 Å². The zero-order valence-electron chi connectivity index (χ0n) is 17.0. The summed E-state index contributed by atoms with van der Waals surface area (Å²) in [5.74, 6) is 7.51. The molecule has 1 heterocycles. The molecule has 1 aromatic heterocycles. The lowest BCUT2D eigenvalue weighted by Crippen LogP contribution is -2.28. The first kappa shape index (κ1) is 20.7. The van der Waals surface area contributed by atoms with Crippen molar-refractivity contribution in [2.45, 2.75) is 32.0 Å². The Morgan fingerprint density at radius 3 is 2.55 bits per heavy atom. The summed E-state index contributed by atoms with van der Waals surface area (Å²) in [6.45, 7) is 6.11. The van der Waals surface area contributed by atoms with Gasteiger partial charge in [0.1, 0.15) is 5.75 Å². The van der Waals surface area contributed by atoms with Gasteiger partial charge < -0.3 is 15.9 Å². The molecule has 152 valence electrons. The summed E-state index contributed by atoms with van der Waals surface area (Å²) in [4.78, 5) is 12.4. The number of nitrogens with one attached hydrogen (secondary N) is 1. The summed E-state index contributed by atoms with van der Waals surface area (Å²) < 4.78 is 6.55. The Bertz CT molecular complexity index is 1000. The molecule has 0 aliphatic rings. The van der Waals surface area contributed by atoms with Gasteiger partial charge in [0.05, 0.1) is 18.9 Å². The number of aryl methyl sites for hydroxylation is 2. The number of nitrogens with zero attached hydrogens (tertiary/aromatic N) is 3. The number of aromatic nitrogens is 3. The number of nitrogen functional groups attached to an aromatic ring is 1. The van der Waals surface area contributed by atoms with Gasteiger partial charge in [0.2, 0.25) is 11.1 Å². The van der Waals surface area contributed by atoms with Gasteiger partial charge in [-0.2, -0.15) is 0 Å². The summed E-state index contributed by atoms with van der Waals surface area (Å²) in [5.41, 5.74) is 4.34. The van der Waals surface area contributed by atoms with Crippen molar-refractivity contribution in [3.8, 4) is 17.1 Å². The molecule has 3 N–H and O–H groups in total. The molecule has 1 amide bonds. The first-order valence-electron chi connectivity index (χ1n) is 9.23. The second kappa shape index (κ2) is 9.00. The maximum Gasteiger partial charge on any atom is 0.230 e. The van der Waals surface area contributed by atoms with Gasteiger partial charge in [-0.3, -0.25) is 4.79 Å². The van der Waals surface area contributed by atoms with Crippen LogP contribution in [-0.4, -0.2) is 33.6 Å². The average Bonchev–Trinajstić information content (AvgIpc) is 3.09. The van der Waals surface area contributed by atoms with Crippen molar-refractivity contribution in [3.05, 3.63) is 59.2 Å². The van der Waals surface area contributed by atoms with Crippen molar-refractivity contribution in [2.75, 3.05) is 18.7 Å². The molecule has 0 saturated carbocycles. The minimum atomic E-state index is -0.0882. The molecule has 1 atom stereocenters. The Labute approximate surface area is 174 Å². The Hall–Kier alpha value is -3.00. The van der Waals surface area contributed by atoms with Crippen LogP contribution in [0.5, 0.6) is 5.75 Å². The number of ether oxygens (including phenoxy) is 1. The highest BCUT2D eigenvalue weighted by atomic mass is 32.2. The van der Waals surface area contributed by atoms with Crippen molar-refractivity contribution < 1.29 is 9.53 Å². The topological polar surface area (TPSA) is 95.1 Å². The Morgan fingerprint density at radius 1 is 1.17 bits per heavy atom. The molecule has 0 aliphatic heterocycles. The lowest BCUT2D eigenvalue weighted by Gasteiger charge is -2.15. The van der Waals surface area contributed by atoms with E-state index < -0.39 is 0 Å². The molecular weight excluding hydrogens is 386 g/mol. The number of thioether (sulfide) groups is 1.